The maximum atomic E-state index is 11.1. The first-order valence-corrected chi connectivity index (χ1v) is 4.89. The van der Waals surface area contributed by atoms with E-state index < -0.39 is 0 Å². The molecule has 1 aliphatic rings. The van der Waals surface area contributed by atoms with Crippen molar-refractivity contribution in [1.82, 2.24) is 0 Å². The van der Waals surface area contributed by atoms with Crippen LogP contribution in [0.5, 0.6) is 0 Å². The number of carbonyl (C=O) groups is 1. The first kappa shape index (κ1) is 8.63. The highest BCUT2D eigenvalue weighted by atomic mass is 127. The van der Waals surface area contributed by atoms with Crippen LogP contribution in [0.25, 0.3) is 0 Å². The fourth-order valence-corrected chi connectivity index (χ4v) is 2.09. The smallest absolute Gasteiger partial charge is 0.188 e. The van der Waals surface area contributed by atoms with E-state index in [-0.39, 0.29) is 9.71 Å². The Morgan fingerprint density at radius 1 is 1.70 bits per heavy atom. The minimum absolute atomic E-state index is 0.102. The van der Waals surface area contributed by atoms with E-state index in [1.165, 1.54) is 0 Å². The quantitative estimate of drug-likeness (QED) is 0.480. The standard InChI is InChI=1S/C6H4I2NO/c1-3-5(8)6(10)4(7)2-9-3/h2,4H,1H2. The van der Waals surface area contributed by atoms with Crippen molar-refractivity contribution in [3.8, 4) is 0 Å². The number of halogens is 2. The van der Waals surface area contributed by atoms with E-state index in [0.29, 0.717) is 9.28 Å². The molecule has 4 heteroatoms. The Balaban J connectivity index is 3.00. The second kappa shape index (κ2) is 3.29. The third kappa shape index (κ3) is 1.58. The Morgan fingerprint density at radius 2 is 2.30 bits per heavy atom. The lowest BCUT2D eigenvalue weighted by Crippen LogP contribution is -2.19. The third-order valence-corrected chi connectivity index (χ3v) is 3.12. The van der Waals surface area contributed by atoms with Crippen LogP contribution in [0.2, 0.25) is 0 Å². The number of hydrogen-bond acceptors (Lipinski definition) is 2. The first-order valence-electron chi connectivity index (χ1n) is 2.57. The highest BCUT2D eigenvalue weighted by molar-refractivity contribution is 14.1. The van der Waals surface area contributed by atoms with Crippen molar-refractivity contribution < 1.29 is 4.79 Å². The van der Waals surface area contributed by atoms with E-state index in [4.69, 9.17) is 0 Å². The number of ketones is 1. The summed E-state index contributed by atoms with van der Waals surface area (Å²) >= 11 is 4.02. The highest BCUT2D eigenvalue weighted by Gasteiger charge is 2.20. The van der Waals surface area contributed by atoms with E-state index in [0.717, 1.165) is 0 Å². The van der Waals surface area contributed by atoms with Crippen LogP contribution in [0.4, 0.5) is 0 Å². The number of Topliss-reactive ketones (excluding diaryl/α,β-unsaturated/α-hetero) is 1. The molecule has 1 heterocycles. The van der Waals surface area contributed by atoms with Gasteiger partial charge in [0, 0.05) is 6.21 Å². The Labute approximate surface area is 86.4 Å². The lowest BCUT2D eigenvalue weighted by molar-refractivity contribution is -0.113. The molecule has 0 saturated heterocycles. The van der Waals surface area contributed by atoms with Crippen molar-refractivity contribution in [1.29, 1.82) is 0 Å². The van der Waals surface area contributed by atoms with Crippen molar-refractivity contribution in [3.63, 3.8) is 0 Å². The van der Waals surface area contributed by atoms with Gasteiger partial charge < -0.3 is 0 Å². The lowest BCUT2D eigenvalue weighted by atomic mass is 10.2. The van der Waals surface area contributed by atoms with Crippen LogP contribution in [-0.4, -0.2) is 15.9 Å². The lowest BCUT2D eigenvalue weighted by Gasteiger charge is -2.08. The van der Waals surface area contributed by atoms with Crippen molar-refractivity contribution >= 4 is 57.2 Å². The molecule has 10 heavy (non-hydrogen) atoms. The molecule has 0 bridgehead atoms. The largest absolute Gasteiger partial charge is 0.292 e. The average molecular weight is 360 g/mol. The van der Waals surface area contributed by atoms with Gasteiger partial charge in [-0.05, 0) is 29.5 Å². The summed E-state index contributed by atoms with van der Waals surface area (Å²) in [7, 11) is 0. The summed E-state index contributed by atoms with van der Waals surface area (Å²) in [6, 6.07) is 0. The first-order chi connectivity index (χ1) is 4.63. The van der Waals surface area contributed by atoms with Gasteiger partial charge in [-0.15, -0.1) is 0 Å². The van der Waals surface area contributed by atoms with E-state index in [2.05, 4.69) is 11.9 Å². The summed E-state index contributed by atoms with van der Waals surface area (Å²) < 4.78 is 0.550. The molecule has 0 amide bonds. The molecule has 0 aliphatic carbocycles. The van der Waals surface area contributed by atoms with E-state index in [1.54, 1.807) is 6.21 Å². The second-order valence-electron chi connectivity index (χ2n) is 1.80. The summed E-state index contributed by atoms with van der Waals surface area (Å²) in [5.41, 5.74) is 0.582. The zero-order valence-corrected chi connectivity index (χ0v) is 9.29. The Hall–Kier alpha value is 0.540. The summed E-state index contributed by atoms with van der Waals surface area (Å²) in [5.74, 6) is 0.112. The molecule has 0 fully saturated rings. The van der Waals surface area contributed by atoms with Crippen molar-refractivity contribution in [2.75, 3.05) is 0 Å². The molecule has 1 atom stereocenters. The molecule has 1 unspecified atom stereocenters. The van der Waals surface area contributed by atoms with E-state index >= 15 is 0 Å². The van der Waals surface area contributed by atoms with Gasteiger partial charge in [-0.3, -0.25) is 9.79 Å². The van der Waals surface area contributed by atoms with Gasteiger partial charge in [-0.1, -0.05) is 22.6 Å². The molecule has 1 aliphatic heterocycles. The summed E-state index contributed by atoms with van der Waals surface area (Å²) in [6.07, 6.45) is 1.62. The minimum Gasteiger partial charge on any atom is -0.292 e. The normalized spacial score (nSPS) is 25.9. The van der Waals surface area contributed by atoms with Gasteiger partial charge >= 0.3 is 0 Å². The zero-order valence-electron chi connectivity index (χ0n) is 4.97. The molecule has 1 rings (SSSR count). The van der Waals surface area contributed by atoms with Crippen LogP contribution >= 0.6 is 45.2 Å². The number of nitrogens with zero attached hydrogens (tertiary/aromatic N) is 1. The second-order valence-corrected chi connectivity index (χ2v) is 4.23. The third-order valence-electron chi connectivity index (χ3n) is 1.08. The minimum atomic E-state index is -0.102. The summed E-state index contributed by atoms with van der Waals surface area (Å²) in [5, 5.41) is 0. The molecule has 2 nitrogen and oxygen atoms in total. The number of rotatable bonds is 0. The van der Waals surface area contributed by atoms with Crippen LogP contribution in [0, 0.1) is 6.92 Å². The van der Waals surface area contributed by atoms with Gasteiger partial charge in [0.2, 0.25) is 0 Å². The summed E-state index contributed by atoms with van der Waals surface area (Å²) in [4.78, 5) is 15.1. The number of alkyl halides is 1. The topological polar surface area (TPSA) is 29.4 Å². The Bertz CT molecular complexity index is 232. The average Bonchev–Trinajstić information content (AvgIpc) is 1.93. The molecular weight excluding hydrogens is 356 g/mol. The van der Waals surface area contributed by atoms with Crippen molar-refractivity contribution in [3.05, 3.63) is 16.2 Å². The summed E-state index contributed by atoms with van der Waals surface area (Å²) in [6.45, 7) is 3.61. The maximum absolute atomic E-state index is 11.1. The van der Waals surface area contributed by atoms with Gasteiger partial charge in [0.05, 0.1) is 9.28 Å². The Morgan fingerprint density at radius 3 is 2.80 bits per heavy atom. The molecule has 0 saturated carbocycles. The van der Waals surface area contributed by atoms with Gasteiger partial charge in [-0.25, -0.2) is 0 Å². The van der Waals surface area contributed by atoms with E-state index in [1.807, 2.05) is 45.2 Å². The van der Waals surface area contributed by atoms with Crippen LogP contribution in [0.1, 0.15) is 0 Å². The highest BCUT2D eigenvalue weighted by Crippen LogP contribution is 2.22. The van der Waals surface area contributed by atoms with Crippen LogP contribution in [0.15, 0.2) is 14.3 Å². The molecule has 0 N–H and O–H groups in total. The monoisotopic (exact) mass is 360 g/mol. The van der Waals surface area contributed by atoms with Crippen LogP contribution < -0.4 is 0 Å². The molecule has 0 aromatic carbocycles. The van der Waals surface area contributed by atoms with Gasteiger partial charge in [0.1, 0.15) is 3.92 Å². The number of allylic oxidation sites excluding steroid dienone is 2. The van der Waals surface area contributed by atoms with Gasteiger partial charge in [0.15, 0.2) is 5.78 Å². The van der Waals surface area contributed by atoms with Crippen LogP contribution in [-0.2, 0) is 4.79 Å². The predicted molar refractivity (Wildman–Crippen MR) is 57.7 cm³/mol. The predicted octanol–water partition coefficient (Wildman–Crippen LogP) is 1.92. The van der Waals surface area contributed by atoms with Gasteiger partial charge in [0.25, 0.3) is 0 Å². The van der Waals surface area contributed by atoms with Gasteiger partial charge in [-0.2, -0.15) is 0 Å². The Kier molecular flexibility index (Phi) is 2.84. The number of aliphatic imine (C=N–C) groups is 1. The molecule has 0 spiro atoms. The SMILES string of the molecule is [CH2]C1=C(I)C(=O)C(I)C=N1. The molecular formula is C6H4I2NO. The zero-order chi connectivity index (χ0) is 7.72. The fraction of sp³-hybridized carbons (Fsp3) is 0.167. The van der Waals surface area contributed by atoms with Crippen molar-refractivity contribution in [2.24, 2.45) is 4.99 Å². The molecule has 53 valence electrons. The van der Waals surface area contributed by atoms with Crippen molar-refractivity contribution in [2.45, 2.75) is 3.92 Å². The van der Waals surface area contributed by atoms with Crippen LogP contribution in [0.3, 0.4) is 0 Å². The molecule has 1 radical (unpaired) electrons. The number of carbonyl (C=O) groups excluding carboxylic acids is 1. The number of hydrogen-bond donors (Lipinski definition) is 0. The van der Waals surface area contributed by atoms with E-state index in [9.17, 15) is 4.79 Å². The maximum Gasteiger partial charge on any atom is 0.188 e. The molecule has 0 aromatic heterocycles. The fourth-order valence-electron chi connectivity index (χ4n) is 0.543. The molecule has 0 aromatic rings.